The lowest BCUT2D eigenvalue weighted by molar-refractivity contribution is 0.378. The Labute approximate surface area is 35.2 Å². The van der Waals surface area contributed by atoms with Gasteiger partial charge in [0.25, 0.3) is 11.6 Å². The minimum Gasteiger partial charge on any atom is -0.392 e. The van der Waals surface area contributed by atoms with Crippen LogP contribution in [0.25, 0.3) is 11.6 Å². The summed E-state index contributed by atoms with van der Waals surface area (Å²) in [7, 11) is 0. The summed E-state index contributed by atoms with van der Waals surface area (Å²) in [5.41, 5.74) is 0. The summed E-state index contributed by atoms with van der Waals surface area (Å²) in [5.74, 6) is 1.26. The van der Waals surface area contributed by atoms with Crippen molar-refractivity contribution in [2.24, 2.45) is 0 Å². The molecule has 0 amide bonds. The van der Waals surface area contributed by atoms with Crippen LogP contribution < -0.4 is 0 Å². The van der Waals surface area contributed by atoms with Crippen LogP contribution in [0.5, 0.6) is 0 Å². The van der Waals surface area contributed by atoms with Gasteiger partial charge in [0.05, 0.1) is 0 Å². The van der Waals surface area contributed by atoms with E-state index in [1.807, 2.05) is 0 Å². The van der Waals surface area contributed by atoms with Crippen molar-refractivity contribution in [3.8, 4) is 0 Å². The van der Waals surface area contributed by atoms with Crippen molar-refractivity contribution in [1.29, 1.82) is 0 Å². The molecule has 3 rings (SSSR count). The van der Waals surface area contributed by atoms with Crippen LogP contribution in [0.3, 0.4) is 0 Å². The molecule has 0 fully saturated rings. The zero-order chi connectivity index (χ0) is 3.98. The molecule has 2 bridgehead atoms. The van der Waals surface area contributed by atoms with Crippen LogP contribution in [0.1, 0.15) is 1.43 Å². The molecule has 2 heteroatoms. The van der Waals surface area contributed by atoms with Crippen LogP contribution in [0.4, 0.5) is 0 Å². The Bertz CT molecular complexity index is 171. The van der Waals surface area contributed by atoms with E-state index in [4.69, 9.17) is 8.83 Å². The van der Waals surface area contributed by atoms with Crippen LogP contribution in [-0.2, 0) is 0 Å². The van der Waals surface area contributed by atoms with Crippen molar-refractivity contribution in [1.82, 2.24) is 0 Å². The highest BCUT2D eigenvalue weighted by atomic mass is 16.6. The number of hydrogen-bond acceptors (Lipinski definition) is 2. The molecule has 2 nitrogen and oxygen atoms in total. The topological polar surface area (TPSA) is 26.3 Å². The molecule has 0 unspecified atom stereocenters. The van der Waals surface area contributed by atoms with Crippen LogP contribution in [0.2, 0.25) is 0 Å². The predicted octanol–water partition coefficient (Wildman–Crippen LogP) is 1.58. The molecule has 6 heavy (non-hydrogen) atoms. The zero-order valence-corrected chi connectivity index (χ0v) is 2.97. The largest absolute Gasteiger partial charge is 1.00 e. The first kappa shape index (κ1) is 2.29. The Hall–Kier alpha value is -0.920. The van der Waals surface area contributed by atoms with Crippen molar-refractivity contribution >= 4 is 11.6 Å². The van der Waals surface area contributed by atoms with E-state index < -0.39 is 0 Å². The van der Waals surface area contributed by atoms with E-state index in [0.29, 0.717) is 11.6 Å². The van der Waals surface area contributed by atoms with E-state index in [1.165, 1.54) is 0 Å². The first-order chi connectivity index (χ1) is 2.95. The minimum absolute atomic E-state index is 0. The molecule has 0 atom stereocenters. The van der Waals surface area contributed by atoms with Gasteiger partial charge in [0.15, 0.2) is 0 Å². The van der Waals surface area contributed by atoms with E-state index in [2.05, 4.69) is 0 Å². The lowest BCUT2D eigenvalue weighted by atomic mass is 10.7. The van der Waals surface area contributed by atoms with Crippen LogP contribution in [0.15, 0.2) is 21.0 Å². The fraction of sp³-hybridized carbons (Fsp3) is 0. The Morgan fingerprint density at radius 1 is 1.17 bits per heavy atom. The van der Waals surface area contributed by atoms with Gasteiger partial charge in [0.2, 0.25) is 0 Å². The molecule has 30 valence electrons. The molecule has 0 aromatic carbocycles. The highest BCUT2D eigenvalue weighted by Crippen LogP contribution is 2.18. The van der Waals surface area contributed by atoms with Gasteiger partial charge in [0.1, 0.15) is 0 Å². The number of furan rings is 2. The molecule has 0 aliphatic rings. The number of fused-ring (bicyclic) bond motifs is 1. The maximum absolute atomic E-state index is 4.75. The standard InChI is InChI=1S/C4H2O2/c1-2-4-5-3(1)6-4/h1-2H/p+1. The molecular formula is C4H3O2+. The second-order valence-corrected chi connectivity index (χ2v) is 1.18. The van der Waals surface area contributed by atoms with Crippen molar-refractivity contribution in [3.05, 3.63) is 12.1 Å². The monoisotopic (exact) mass is 83.0 g/mol. The van der Waals surface area contributed by atoms with Crippen LogP contribution >= 0.6 is 0 Å². The molecule has 3 aromatic rings. The third-order valence-corrected chi connectivity index (χ3v) is 0.758. The third kappa shape index (κ3) is 0.0913. The van der Waals surface area contributed by atoms with E-state index in [1.54, 1.807) is 12.1 Å². The van der Waals surface area contributed by atoms with E-state index in [0.717, 1.165) is 0 Å². The molecular weight excluding hydrogens is 80.0 g/mol. The summed E-state index contributed by atoms with van der Waals surface area (Å²) in [6, 6.07) is 3.57. The highest BCUT2D eigenvalue weighted by molar-refractivity contribution is 5.47. The highest BCUT2D eigenvalue weighted by Gasteiger charge is 2.00. The fourth-order valence-electron chi connectivity index (χ4n) is 0.478. The van der Waals surface area contributed by atoms with Crippen molar-refractivity contribution in [2.45, 2.75) is 0 Å². The van der Waals surface area contributed by atoms with Gasteiger partial charge in [-0.1, -0.05) is 0 Å². The second-order valence-electron chi connectivity index (χ2n) is 1.18. The first-order valence-corrected chi connectivity index (χ1v) is 1.73. The Balaban J connectivity index is 0.000000245. The van der Waals surface area contributed by atoms with Gasteiger partial charge in [-0.15, -0.1) is 0 Å². The molecule has 0 saturated carbocycles. The molecule has 0 aliphatic carbocycles. The smallest absolute Gasteiger partial charge is 0.392 e. The lowest BCUT2D eigenvalue weighted by Gasteiger charge is -1.82. The Morgan fingerprint density at radius 2 is 1.67 bits per heavy atom. The van der Waals surface area contributed by atoms with Gasteiger partial charge in [-0.3, -0.25) is 0 Å². The fourth-order valence-corrected chi connectivity index (χ4v) is 0.478. The van der Waals surface area contributed by atoms with E-state index in [9.17, 15) is 0 Å². The maximum atomic E-state index is 4.75. The van der Waals surface area contributed by atoms with Crippen molar-refractivity contribution < 1.29 is 10.3 Å². The number of rotatable bonds is 0. The molecule has 0 spiro atoms. The SMILES string of the molecule is [H+].c1cc2oc1o2. The van der Waals surface area contributed by atoms with Crippen molar-refractivity contribution in [2.75, 3.05) is 0 Å². The molecule has 3 aromatic heterocycles. The van der Waals surface area contributed by atoms with Gasteiger partial charge in [-0.25, -0.2) is 0 Å². The first-order valence-electron chi connectivity index (χ1n) is 1.73. The van der Waals surface area contributed by atoms with E-state index in [-0.39, 0.29) is 1.43 Å². The summed E-state index contributed by atoms with van der Waals surface area (Å²) in [6.45, 7) is 0. The summed E-state index contributed by atoms with van der Waals surface area (Å²) >= 11 is 0. The normalized spacial score (nSPS) is 11.3. The van der Waals surface area contributed by atoms with Crippen LogP contribution in [-0.4, -0.2) is 0 Å². The Kier molecular flexibility index (Phi) is 0.179. The maximum Gasteiger partial charge on any atom is 1.00 e. The number of hydrogen-bond donors (Lipinski definition) is 0. The average Bonchev–Trinajstić information content (AvgIpc) is 1.72. The van der Waals surface area contributed by atoms with Gasteiger partial charge in [0, 0.05) is 12.1 Å². The average molecular weight is 83.1 g/mol. The van der Waals surface area contributed by atoms with Gasteiger partial charge < -0.3 is 8.83 Å². The minimum atomic E-state index is 0. The van der Waals surface area contributed by atoms with E-state index >= 15 is 0 Å². The second kappa shape index (κ2) is 0.469. The van der Waals surface area contributed by atoms with Crippen LogP contribution in [0, 0.1) is 0 Å². The summed E-state index contributed by atoms with van der Waals surface area (Å²) in [5, 5.41) is 0. The quantitative estimate of drug-likeness (QED) is 0.483. The van der Waals surface area contributed by atoms with Gasteiger partial charge in [-0.2, -0.15) is 0 Å². The molecule has 0 saturated heterocycles. The van der Waals surface area contributed by atoms with Crippen molar-refractivity contribution in [3.63, 3.8) is 0 Å². The third-order valence-electron chi connectivity index (χ3n) is 0.758. The molecule has 3 heterocycles. The predicted molar refractivity (Wildman–Crippen MR) is 20.8 cm³/mol. The Morgan fingerprint density at radius 3 is 1.83 bits per heavy atom. The molecule has 0 N–H and O–H groups in total. The zero-order valence-electron chi connectivity index (χ0n) is 3.97. The summed E-state index contributed by atoms with van der Waals surface area (Å²) in [6.07, 6.45) is 0. The van der Waals surface area contributed by atoms with Gasteiger partial charge >= 0.3 is 1.43 Å². The summed E-state index contributed by atoms with van der Waals surface area (Å²) in [4.78, 5) is 0. The molecule has 0 aliphatic heterocycles. The lowest BCUT2D eigenvalue weighted by Crippen LogP contribution is -1.54. The van der Waals surface area contributed by atoms with Gasteiger partial charge in [-0.05, 0) is 0 Å². The molecule has 0 radical (unpaired) electrons. The summed E-state index contributed by atoms with van der Waals surface area (Å²) < 4.78 is 9.50.